The lowest BCUT2D eigenvalue weighted by Gasteiger charge is -2.34. The fourth-order valence-corrected chi connectivity index (χ4v) is 3.80. The predicted octanol–water partition coefficient (Wildman–Crippen LogP) is 2.71. The van der Waals surface area contributed by atoms with Crippen LogP contribution in [0.3, 0.4) is 0 Å². The largest absolute Gasteiger partial charge is 0.345 e. The van der Waals surface area contributed by atoms with Crippen molar-refractivity contribution >= 4 is 34.0 Å². The third kappa shape index (κ3) is 2.85. The molecule has 0 bridgehead atoms. The first-order valence-corrected chi connectivity index (χ1v) is 8.45. The Morgan fingerprint density at radius 2 is 1.95 bits per heavy atom. The van der Waals surface area contributed by atoms with Crippen LogP contribution in [0.1, 0.15) is 21.1 Å². The molecule has 0 aromatic carbocycles. The number of carbonyl (C=O) groups excluding carboxylic acids is 1. The summed E-state index contributed by atoms with van der Waals surface area (Å²) in [7, 11) is 1.84. The molecule has 0 N–H and O–H groups in total. The molecule has 7 heteroatoms. The first kappa shape index (κ1) is 15.4. The van der Waals surface area contributed by atoms with Crippen molar-refractivity contribution in [3.8, 4) is 0 Å². The van der Waals surface area contributed by atoms with E-state index in [0.29, 0.717) is 23.8 Å². The Bertz CT molecular complexity index is 681. The summed E-state index contributed by atoms with van der Waals surface area (Å²) in [5.74, 6) is 0.0422. The highest BCUT2D eigenvalue weighted by molar-refractivity contribution is 7.15. The van der Waals surface area contributed by atoms with Gasteiger partial charge in [0.15, 0.2) is 5.13 Å². The topological polar surface area (TPSA) is 41.4 Å². The highest BCUT2D eigenvalue weighted by Gasteiger charge is 2.25. The Kier molecular flexibility index (Phi) is 4.14. The number of thiazole rings is 1. The Balaban J connectivity index is 1.66. The number of nitrogens with zero attached hydrogens (tertiary/aromatic N) is 4. The van der Waals surface area contributed by atoms with E-state index < -0.39 is 0 Å². The van der Waals surface area contributed by atoms with Crippen LogP contribution < -0.4 is 4.90 Å². The van der Waals surface area contributed by atoms with E-state index in [1.54, 1.807) is 28.2 Å². The van der Waals surface area contributed by atoms with Crippen LogP contribution in [0.5, 0.6) is 0 Å². The fraction of sp³-hybridized carbons (Fsp3) is 0.467. The second kappa shape index (κ2) is 5.93. The number of aryl methyl sites for hydroxylation is 3. The van der Waals surface area contributed by atoms with Crippen molar-refractivity contribution < 1.29 is 4.79 Å². The summed E-state index contributed by atoms with van der Waals surface area (Å²) in [6.07, 6.45) is 1.76. The Morgan fingerprint density at radius 3 is 2.45 bits per heavy atom. The van der Waals surface area contributed by atoms with Crippen LogP contribution in [0, 0.1) is 13.8 Å². The molecule has 0 aliphatic carbocycles. The molecular weight excluding hydrogens is 320 g/mol. The molecule has 0 spiro atoms. The lowest BCUT2D eigenvalue weighted by molar-refractivity contribution is 0.0737. The summed E-state index contributed by atoms with van der Waals surface area (Å²) in [5, 5.41) is 1.65. The molecule has 2 aromatic heterocycles. The maximum Gasteiger partial charge on any atom is 0.270 e. The zero-order valence-electron chi connectivity index (χ0n) is 13.0. The highest BCUT2D eigenvalue weighted by Crippen LogP contribution is 2.26. The van der Waals surface area contributed by atoms with Crippen molar-refractivity contribution in [1.29, 1.82) is 0 Å². The quantitative estimate of drug-likeness (QED) is 0.845. The number of carbonyl (C=O) groups is 1. The summed E-state index contributed by atoms with van der Waals surface area (Å²) < 4.78 is 1.78. The van der Waals surface area contributed by atoms with Crippen molar-refractivity contribution in [1.82, 2.24) is 14.5 Å². The van der Waals surface area contributed by atoms with Crippen LogP contribution in [0.4, 0.5) is 5.13 Å². The Morgan fingerprint density at radius 1 is 1.27 bits per heavy atom. The molecule has 1 fully saturated rings. The normalized spacial score (nSPS) is 15.5. The van der Waals surface area contributed by atoms with Crippen molar-refractivity contribution in [2.24, 2.45) is 7.05 Å². The average molecular weight is 339 g/mol. The van der Waals surface area contributed by atoms with Crippen molar-refractivity contribution in [3.05, 3.63) is 33.6 Å². The van der Waals surface area contributed by atoms with Crippen LogP contribution in [-0.2, 0) is 7.05 Å². The summed E-state index contributed by atoms with van der Waals surface area (Å²) in [6, 6.07) is 1.73. The molecule has 22 heavy (non-hydrogen) atoms. The minimum Gasteiger partial charge on any atom is -0.345 e. The molecule has 1 aliphatic heterocycles. The zero-order chi connectivity index (χ0) is 15.9. The SMILES string of the molecule is Cc1nc(N2CCN(C(=O)c3cc(Cl)cn3C)CC2)sc1C. The molecule has 3 rings (SSSR count). The van der Waals surface area contributed by atoms with Gasteiger partial charge in [-0.15, -0.1) is 11.3 Å². The molecule has 3 heterocycles. The molecular formula is C15H19ClN4OS. The van der Waals surface area contributed by atoms with Crippen LogP contribution in [-0.4, -0.2) is 46.5 Å². The molecule has 1 aliphatic rings. The molecule has 2 aromatic rings. The average Bonchev–Trinajstić information content (AvgIpc) is 3.01. The minimum absolute atomic E-state index is 0.0422. The van der Waals surface area contributed by atoms with E-state index in [1.165, 1.54) is 4.88 Å². The van der Waals surface area contributed by atoms with Gasteiger partial charge in [-0.25, -0.2) is 4.98 Å². The van der Waals surface area contributed by atoms with Gasteiger partial charge in [-0.05, 0) is 19.9 Å². The van der Waals surface area contributed by atoms with Gasteiger partial charge in [0.25, 0.3) is 5.91 Å². The highest BCUT2D eigenvalue weighted by atomic mass is 35.5. The van der Waals surface area contributed by atoms with Crippen molar-refractivity contribution in [2.45, 2.75) is 13.8 Å². The van der Waals surface area contributed by atoms with Crippen LogP contribution >= 0.6 is 22.9 Å². The van der Waals surface area contributed by atoms with Gasteiger partial charge in [0, 0.05) is 44.3 Å². The fourth-order valence-electron chi connectivity index (χ4n) is 2.59. The molecule has 1 amide bonds. The summed E-state index contributed by atoms with van der Waals surface area (Å²) in [5.41, 5.74) is 1.73. The smallest absolute Gasteiger partial charge is 0.270 e. The van der Waals surface area contributed by atoms with Crippen molar-refractivity contribution in [3.63, 3.8) is 0 Å². The second-order valence-corrected chi connectivity index (χ2v) is 7.19. The molecule has 0 saturated carbocycles. The van der Waals surface area contributed by atoms with E-state index >= 15 is 0 Å². The van der Waals surface area contributed by atoms with Crippen LogP contribution in [0.2, 0.25) is 5.02 Å². The number of rotatable bonds is 2. The molecule has 0 atom stereocenters. The van der Waals surface area contributed by atoms with Gasteiger partial charge >= 0.3 is 0 Å². The molecule has 0 radical (unpaired) electrons. The van der Waals surface area contributed by atoms with Gasteiger partial charge in [0.1, 0.15) is 5.69 Å². The summed E-state index contributed by atoms with van der Waals surface area (Å²) in [4.78, 5) is 22.5. The van der Waals surface area contributed by atoms with Gasteiger partial charge in [0.2, 0.25) is 0 Å². The number of aromatic nitrogens is 2. The number of anilines is 1. The number of piperazine rings is 1. The van der Waals surface area contributed by atoms with Crippen LogP contribution in [0.15, 0.2) is 12.3 Å². The van der Waals surface area contributed by atoms with E-state index in [4.69, 9.17) is 11.6 Å². The summed E-state index contributed by atoms with van der Waals surface area (Å²) in [6.45, 7) is 7.18. The maximum absolute atomic E-state index is 12.6. The summed E-state index contributed by atoms with van der Waals surface area (Å²) >= 11 is 7.68. The third-order valence-corrected chi connectivity index (χ3v) is 5.39. The molecule has 118 valence electrons. The number of hydrogen-bond donors (Lipinski definition) is 0. The number of amides is 1. The Labute approximate surface area is 139 Å². The molecule has 5 nitrogen and oxygen atoms in total. The predicted molar refractivity (Wildman–Crippen MR) is 90.1 cm³/mol. The minimum atomic E-state index is 0.0422. The zero-order valence-corrected chi connectivity index (χ0v) is 14.5. The van der Waals surface area contributed by atoms with E-state index in [-0.39, 0.29) is 5.91 Å². The first-order valence-electron chi connectivity index (χ1n) is 7.26. The van der Waals surface area contributed by atoms with Crippen molar-refractivity contribution in [2.75, 3.05) is 31.1 Å². The van der Waals surface area contributed by atoms with Gasteiger partial charge in [-0.3, -0.25) is 4.79 Å². The standard InChI is InChI=1S/C15H19ClN4OS/c1-10-11(2)22-15(17-10)20-6-4-19(5-7-20)14(21)13-8-12(16)9-18(13)3/h8-9H,4-7H2,1-3H3. The monoisotopic (exact) mass is 338 g/mol. The van der Waals surface area contributed by atoms with Gasteiger partial charge in [0.05, 0.1) is 10.7 Å². The first-order chi connectivity index (χ1) is 10.5. The molecule has 1 saturated heterocycles. The van der Waals surface area contributed by atoms with Gasteiger partial charge in [-0.2, -0.15) is 0 Å². The third-order valence-electron chi connectivity index (χ3n) is 4.05. The van der Waals surface area contributed by atoms with Gasteiger partial charge < -0.3 is 14.4 Å². The Hall–Kier alpha value is -1.53. The van der Waals surface area contributed by atoms with Gasteiger partial charge in [-0.1, -0.05) is 11.6 Å². The second-order valence-electron chi connectivity index (χ2n) is 5.57. The van der Waals surface area contributed by atoms with Crippen LogP contribution in [0.25, 0.3) is 0 Å². The lowest BCUT2D eigenvalue weighted by atomic mass is 10.3. The van der Waals surface area contributed by atoms with E-state index in [2.05, 4.69) is 16.8 Å². The number of hydrogen-bond acceptors (Lipinski definition) is 4. The van der Waals surface area contributed by atoms with E-state index in [9.17, 15) is 4.79 Å². The lowest BCUT2D eigenvalue weighted by Crippen LogP contribution is -2.49. The van der Waals surface area contributed by atoms with E-state index in [1.807, 2.05) is 18.9 Å². The van der Waals surface area contributed by atoms with E-state index in [0.717, 1.165) is 23.9 Å². The number of halogens is 1. The molecule has 0 unspecified atom stereocenters. The maximum atomic E-state index is 12.6.